The summed E-state index contributed by atoms with van der Waals surface area (Å²) in [6, 6.07) is 6.45. The Morgan fingerprint density at radius 1 is 1.43 bits per heavy atom. The van der Waals surface area contributed by atoms with Crippen LogP contribution in [-0.2, 0) is 0 Å². The third-order valence-corrected chi connectivity index (χ3v) is 1.81. The molecule has 0 bridgehead atoms. The lowest BCUT2D eigenvalue weighted by molar-refractivity contribution is 0.552. The molecule has 2 rings (SSSR count). The smallest absolute Gasteiger partial charge is 0.178 e. The van der Waals surface area contributed by atoms with Crippen LogP contribution < -0.4 is 5.73 Å². The van der Waals surface area contributed by atoms with E-state index in [1.165, 1.54) is 6.07 Å². The van der Waals surface area contributed by atoms with E-state index in [2.05, 4.69) is 11.8 Å². The van der Waals surface area contributed by atoms with E-state index in [0.29, 0.717) is 11.1 Å². The zero-order valence-electron chi connectivity index (χ0n) is 7.38. The van der Waals surface area contributed by atoms with E-state index in [1.807, 2.05) is 0 Å². The fraction of sp³-hybridized carbons (Fsp3) is 0.0909. The Bertz CT molecular complexity index is 519. The molecule has 0 saturated carbocycles. The minimum absolute atomic E-state index is 0.244. The highest BCUT2D eigenvalue weighted by atomic mass is 19.1. The summed E-state index contributed by atoms with van der Waals surface area (Å²) in [6.45, 7) is 0.263. The number of fused-ring (bicyclic) bond motifs is 1. The largest absolute Gasteiger partial charge is 0.445 e. The van der Waals surface area contributed by atoms with Gasteiger partial charge in [0.2, 0.25) is 0 Å². The Hall–Kier alpha value is -1.79. The van der Waals surface area contributed by atoms with Crippen molar-refractivity contribution < 1.29 is 8.81 Å². The molecule has 0 aliphatic carbocycles. The van der Waals surface area contributed by atoms with E-state index in [-0.39, 0.29) is 17.9 Å². The molecule has 0 aliphatic heterocycles. The maximum atomic E-state index is 13.2. The fourth-order valence-electron chi connectivity index (χ4n) is 1.23. The monoisotopic (exact) mass is 189 g/mol. The first-order valence-corrected chi connectivity index (χ1v) is 4.18. The normalized spacial score (nSPS) is 9.86. The van der Waals surface area contributed by atoms with Crippen molar-refractivity contribution >= 4 is 11.0 Å². The van der Waals surface area contributed by atoms with Crippen molar-refractivity contribution in [3.05, 3.63) is 35.8 Å². The predicted molar refractivity (Wildman–Crippen MR) is 52.1 cm³/mol. The number of rotatable bonds is 0. The minimum Gasteiger partial charge on any atom is -0.445 e. The standard InChI is InChI=1S/C11H8FNO/c12-10-5-1-3-8-7-9(4-2-6-13)14-11(8)10/h1,3,5,7H,6,13H2. The number of para-hydroxylation sites is 1. The molecule has 2 nitrogen and oxygen atoms in total. The Labute approximate surface area is 80.5 Å². The van der Waals surface area contributed by atoms with Crippen molar-refractivity contribution in [2.24, 2.45) is 5.73 Å². The van der Waals surface area contributed by atoms with Crippen LogP contribution in [0.2, 0.25) is 0 Å². The molecule has 0 aliphatic rings. The van der Waals surface area contributed by atoms with Gasteiger partial charge in [0.1, 0.15) is 0 Å². The first kappa shape index (κ1) is 8.79. The molecule has 2 N–H and O–H groups in total. The van der Waals surface area contributed by atoms with E-state index >= 15 is 0 Å². The molecule has 0 radical (unpaired) electrons. The third-order valence-electron chi connectivity index (χ3n) is 1.81. The molecule has 1 heterocycles. The van der Waals surface area contributed by atoms with Gasteiger partial charge in [0.25, 0.3) is 0 Å². The highest BCUT2D eigenvalue weighted by Gasteiger charge is 2.05. The quantitative estimate of drug-likeness (QED) is 0.642. The van der Waals surface area contributed by atoms with Gasteiger partial charge < -0.3 is 10.2 Å². The number of benzene rings is 1. The van der Waals surface area contributed by atoms with E-state index < -0.39 is 0 Å². The lowest BCUT2D eigenvalue weighted by atomic mass is 10.2. The van der Waals surface area contributed by atoms with Crippen LogP contribution in [0.4, 0.5) is 4.39 Å². The second-order valence-electron chi connectivity index (χ2n) is 2.77. The Morgan fingerprint density at radius 2 is 2.29 bits per heavy atom. The molecule has 0 unspecified atom stereocenters. The van der Waals surface area contributed by atoms with Crippen molar-refractivity contribution in [3.8, 4) is 11.8 Å². The molecule has 3 heteroatoms. The van der Waals surface area contributed by atoms with Crippen molar-refractivity contribution in [2.45, 2.75) is 0 Å². The van der Waals surface area contributed by atoms with Gasteiger partial charge in [-0.1, -0.05) is 18.1 Å². The van der Waals surface area contributed by atoms with Crippen LogP contribution in [0.1, 0.15) is 5.76 Å². The second kappa shape index (κ2) is 3.52. The van der Waals surface area contributed by atoms with Gasteiger partial charge in [-0.15, -0.1) is 0 Å². The van der Waals surface area contributed by atoms with Crippen molar-refractivity contribution in [3.63, 3.8) is 0 Å². The molecule has 0 amide bonds. The van der Waals surface area contributed by atoms with E-state index in [9.17, 15) is 4.39 Å². The van der Waals surface area contributed by atoms with Gasteiger partial charge in [0, 0.05) is 11.5 Å². The first-order valence-electron chi connectivity index (χ1n) is 4.18. The van der Waals surface area contributed by atoms with E-state index in [4.69, 9.17) is 10.2 Å². The number of halogens is 1. The highest BCUT2D eigenvalue weighted by molar-refractivity contribution is 5.79. The van der Waals surface area contributed by atoms with Gasteiger partial charge in [-0.25, -0.2) is 4.39 Å². The number of nitrogens with two attached hydrogens (primary N) is 1. The molecule has 0 fully saturated rings. The average molecular weight is 189 g/mol. The highest BCUT2D eigenvalue weighted by Crippen LogP contribution is 2.21. The number of hydrogen-bond donors (Lipinski definition) is 1. The predicted octanol–water partition coefficient (Wildman–Crippen LogP) is 1.88. The minimum atomic E-state index is -0.372. The van der Waals surface area contributed by atoms with Gasteiger partial charge in [0.05, 0.1) is 6.54 Å². The lowest BCUT2D eigenvalue weighted by Crippen LogP contribution is -1.92. The van der Waals surface area contributed by atoms with E-state index in [0.717, 1.165) is 0 Å². The average Bonchev–Trinajstić information content (AvgIpc) is 2.59. The molecule has 0 spiro atoms. The molecule has 2 aromatic rings. The topological polar surface area (TPSA) is 39.2 Å². The molecular formula is C11H8FNO. The van der Waals surface area contributed by atoms with Gasteiger partial charge in [-0.3, -0.25) is 0 Å². The number of furan rings is 1. The van der Waals surface area contributed by atoms with Gasteiger partial charge in [-0.2, -0.15) is 0 Å². The van der Waals surface area contributed by atoms with E-state index in [1.54, 1.807) is 18.2 Å². The zero-order chi connectivity index (χ0) is 9.97. The van der Waals surface area contributed by atoms with Crippen molar-refractivity contribution in [1.29, 1.82) is 0 Å². The van der Waals surface area contributed by atoms with Crippen molar-refractivity contribution in [1.82, 2.24) is 0 Å². The summed E-state index contributed by atoms with van der Waals surface area (Å²) in [5, 5.41) is 0.714. The third kappa shape index (κ3) is 1.48. The summed E-state index contributed by atoms with van der Waals surface area (Å²) in [4.78, 5) is 0. The molecule has 70 valence electrons. The molecule has 14 heavy (non-hydrogen) atoms. The van der Waals surface area contributed by atoms with Crippen LogP contribution in [0.25, 0.3) is 11.0 Å². The molecular weight excluding hydrogens is 181 g/mol. The second-order valence-corrected chi connectivity index (χ2v) is 2.77. The maximum absolute atomic E-state index is 13.2. The van der Waals surface area contributed by atoms with Crippen LogP contribution in [-0.4, -0.2) is 6.54 Å². The summed E-state index contributed by atoms with van der Waals surface area (Å²) in [5.74, 6) is 5.43. The molecule has 0 atom stereocenters. The van der Waals surface area contributed by atoms with Crippen LogP contribution in [0, 0.1) is 17.7 Å². The Morgan fingerprint density at radius 3 is 3.00 bits per heavy atom. The van der Waals surface area contributed by atoms with Crippen molar-refractivity contribution in [2.75, 3.05) is 6.54 Å². The molecule has 1 aromatic carbocycles. The molecule has 1 aromatic heterocycles. The zero-order valence-corrected chi connectivity index (χ0v) is 7.38. The summed E-state index contributed by atoms with van der Waals surface area (Å²) in [6.07, 6.45) is 0. The van der Waals surface area contributed by atoms with Crippen LogP contribution in [0.5, 0.6) is 0 Å². The number of hydrogen-bond acceptors (Lipinski definition) is 2. The van der Waals surface area contributed by atoms with Gasteiger partial charge >= 0.3 is 0 Å². The Kier molecular flexibility index (Phi) is 2.21. The van der Waals surface area contributed by atoms with Crippen LogP contribution in [0.15, 0.2) is 28.7 Å². The Balaban J connectivity index is 2.57. The lowest BCUT2D eigenvalue weighted by Gasteiger charge is -1.87. The maximum Gasteiger partial charge on any atom is 0.178 e. The summed E-state index contributed by atoms with van der Waals surface area (Å²) < 4.78 is 18.4. The van der Waals surface area contributed by atoms with Crippen LogP contribution >= 0.6 is 0 Å². The first-order chi connectivity index (χ1) is 6.81. The summed E-state index contributed by atoms with van der Waals surface area (Å²) in [5.41, 5.74) is 5.46. The van der Waals surface area contributed by atoms with Gasteiger partial charge in [-0.05, 0) is 12.0 Å². The van der Waals surface area contributed by atoms with Gasteiger partial charge in [0.15, 0.2) is 17.2 Å². The SMILES string of the molecule is NCC#Cc1cc2cccc(F)c2o1. The van der Waals surface area contributed by atoms with Crippen LogP contribution in [0.3, 0.4) is 0 Å². The molecule has 0 saturated heterocycles. The fourth-order valence-corrected chi connectivity index (χ4v) is 1.23. The summed E-state index contributed by atoms with van der Waals surface area (Å²) in [7, 11) is 0. The summed E-state index contributed by atoms with van der Waals surface area (Å²) >= 11 is 0.